The maximum absolute atomic E-state index is 14.2. The fourth-order valence-corrected chi connectivity index (χ4v) is 6.53. The van der Waals surface area contributed by atoms with E-state index in [9.17, 15) is 33.6 Å². The van der Waals surface area contributed by atoms with Gasteiger partial charge in [-0.2, -0.15) is 5.10 Å². The van der Waals surface area contributed by atoms with Crippen molar-refractivity contribution in [3.63, 3.8) is 0 Å². The lowest BCUT2D eigenvalue weighted by atomic mass is 10.0. The van der Waals surface area contributed by atoms with Gasteiger partial charge in [-0.3, -0.25) is 38.2 Å². The summed E-state index contributed by atoms with van der Waals surface area (Å²) in [5, 5.41) is 15.6. The van der Waals surface area contributed by atoms with Crippen molar-refractivity contribution in [2.24, 2.45) is 5.92 Å². The van der Waals surface area contributed by atoms with Crippen LogP contribution < -0.4 is 21.3 Å². The largest absolute Gasteiger partial charge is 0.346 e. The average molecular weight is 757 g/mol. The van der Waals surface area contributed by atoms with Gasteiger partial charge in [0.1, 0.15) is 30.7 Å². The van der Waals surface area contributed by atoms with Crippen LogP contribution in [0.2, 0.25) is 0 Å². The lowest BCUT2D eigenvalue weighted by Gasteiger charge is -2.33. The highest BCUT2D eigenvalue weighted by molar-refractivity contribution is 5.97. The van der Waals surface area contributed by atoms with Crippen LogP contribution in [-0.4, -0.2) is 105 Å². The molecular weight excluding hydrogens is 704 g/mol. The molecule has 5 atom stereocenters. The summed E-state index contributed by atoms with van der Waals surface area (Å²) in [5.41, 5.74) is 2.69. The summed E-state index contributed by atoms with van der Waals surface area (Å²) in [6, 6.07) is 12.7. The average Bonchev–Trinajstić information content (AvgIpc) is 3.43. The number of likely N-dealkylation sites (N-methyl/N-ethyl adjacent to an activating group) is 1. The van der Waals surface area contributed by atoms with E-state index in [1.165, 1.54) is 42.3 Å². The lowest BCUT2D eigenvalue weighted by Crippen LogP contribution is -2.60. The zero-order valence-electron chi connectivity index (χ0n) is 32.7. The third kappa shape index (κ3) is 10.6. The van der Waals surface area contributed by atoms with Gasteiger partial charge in [-0.25, -0.2) is 0 Å². The molecule has 1 aromatic heterocycles. The van der Waals surface area contributed by atoms with Crippen molar-refractivity contribution >= 4 is 41.2 Å². The third-order valence-corrected chi connectivity index (χ3v) is 9.85. The number of benzene rings is 2. The molecule has 6 amide bonds. The van der Waals surface area contributed by atoms with Gasteiger partial charge in [0.2, 0.25) is 35.4 Å². The van der Waals surface area contributed by atoms with E-state index in [-0.39, 0.29) is 31.2 Å². The van der Waals surface area contributed by atoms with Crippen molar-refractivity contribution in [3.8, 4) is 0 Å². The normalized spacial score (nSPS) is 22.3. The van der Waals surface area contributed by atoms with Gasteiger partial charge in [0.25, 0.3) is 0 Å². The molecule has 294 valence electrons. The van der Waals surface area contributed by atoms with Crippen molar-refractivity contribution in [3.05, 3.63) is 88.7 Å². The Bertz CT molecular complexity index is 1900. The maximum atomic E-state index is 14.2. The summed E-state index contributed by atoms with van der Waals surface area (Å²) in [5.74, 6) is -4.12. The maximum Gasteiger partial charge on any atom is 0.245 e. The van der Waals surface area contributed by atoms with Gasteiger partial charge in [0.15, 0.2) is 5.78 Å². The molecule has 4 N–H and O–H groups in total. The van der Waals surface area contributed by atoms with Gasteiger partial charge in [-0.05, 0) is 51.7 Å². The molecule has 0 unspecified atom stereocenters. The summed E-state index contributed by atoms with van der Waals surface area (Å²) < 4.78 is 1.40. The second-order valence-electron chi connectivity index (χ2n) is 14.4. The predicted octanol–water partition coefficient (Wildman–Crippen LogP) is 1.62. The quantitative estimate of drug-likeness (QED) is 0.262. The number of aromatic nitrogens is 2. The van der Waals surface area contributed by atoms with E-state index in [2.05, 4.69) is 26.4 Å². The number of hydrogen-bond donors (Lipinski definition) is 4. The number of Topliss-reactive ketones (excluding diaryl/α,β-unsaturated/α-hetero) is 1. The highest BCUT2D eigenvalue weighted by atomic mass is 16.2. The number of amides is 6. The molecule has 2 heterocycles. The molecule has 0 bridgehead atoms. The first kappa shape index (κ1) is 41.9. The second kappa shape index (κ2) is 18.5. The summed E-state index contributed by atoms with van der Waals surface area (Å²) >= 11 is 0. The van der Waals surface area contributed by atoms with Gasteiger partial charge >= 0.3 is 0 Å². The van der Waals surface area contributed by atoms with Crippen LogP contribution in [-0.2, 0) is 41.7 Å². The summed E-state index contributed by atoms with van der Waals surface area (Å²) in [6.45, 7) is 10.3. The van der Waals surface area contributed by atoms with Crippen LogP contribution in [0.1, 0.15) is 73.5 Å². The van der Waals surface area contributed by atoms with E-state index in [0.717, 1.165) is 5.56 Å². The first-order chi connectivity index (χ1) is 26.0. The molecule has 15 nitrogen and oxygen atoms in total. The Hall–Kier alpha value is -5.86. The monoisotopic (exact) mass is 756 g/mol. The highest BCUT2D eigenvalue weighted by Crippen LogP contribution is 2.18. The molecule has 1 aliphatic rings. The highest BCUT2D eigenvalue weighted by Gasteiger charge is 2.35. The van der Waals surface area contributed by atoms with Crippen molar-refractivity contribution in [1.82, 2.24) is 40.8 Å². The molecule has 15 heteroatoms. The summed E-state index contributed by atoms with van der Waals surface area (Å²) in [7, 11) is 1.44. The SMILES string of the molecule is CC(=O)c1c(C)nn(CC(=O)N2CC(=O)N[C@@H](Cc3ccccc3)C(=O)N(C)[C@@H](C)C(=O)N[C@H](C(C)C)C(=O)N[C@@H](C)C(=O)N[C@H](c3ccccc3)C2)c1C. The van der Waals surface area contributed by atoms with Crippen molar-refractivity contribution < 1.29 is 33.6 Å². The molecule has 0 saturated carbocycles. The molecule has 4 rings (SSSR count). The standard InChI is InChI=1S/C40H52N8O7/c1-23(2)36-39(54)41-25(4)37(52)43-32(30-17-13-10-14-18-30)20-47(34(51)22-48-26(5)35(28(7)49)24(3)45-48)21-33(50)42-31(19-29-15-11-9-12-16-29)40(55)46(8)27(6)38(53)44-36/h9-18,23,25,27,31-32,36H,19-22H2,1-8H3,(H,41,54)(H,42,50)(H,43,52)(H,44,53)/t25-,27-,31-,32-,36+/m0/s1. The van der Waals surface area contributed by atoms with Crippen LogP contribution in [0.4, 0.5) is 0 Å². The smallest absolute Gasteiger partial charge is 0.245 e. The van der Waals surface area contributed by atoms with E-state index in [1.807, 2.05) is 6.07 Å². The predicted molar refractivity (Wildman–Crippen MR) is 204 cm³/mol. The zero-order chi connectivity index (χ0) is 40.6. The number of carbonyl (C=O) groups is 7. The van der Waals surface area contributed by atoms with Gasteiger partial charge in [0, 0.05) is 25.7 Å². The number of nitrogens with one attached hydrogen (secondary N) is 4. The van der Waals surface area contributed by atoms with Crippen LogP contribution in [0.25, 0.3) is 0 Å². The topological polar surface area (TPSA) is 192 Å². The van der Waals surface area contributed by atoms with Crippen molar-refractivity contribution in [1.29, 1.82) is 0 Å². The summed E-state index contributed by atoms with van der Waals surface area (Å²) in [4.78, 5) is 98.0. The Morgan fingerprint density at radius 2 is 1.45 bits per heavy atom. The number of rotatable bonds is 7. The Morgan fingerprint density at radius 1 is 0.836 bits per heavy atom. The fraction of sp³-hybridized carbons (Fsp3) is 0.450. The van der Waals surface area contributed by atoms with Crippen LogP contribution >= 0.6 is 0 Å². The molecule has 1 aliphatic heterocycles. The molecule has 1 fully saturated rings. The van der Waals surface area contributed by atoms with E-state index in [0.29, 0.717) is 22.5 Å². The number of ketones is 1. The minimum atomic E-state index is -1.14. The van der Waals surface area contributed by atoms with Gasteiger partial charge in [-0.1, -0.05) is 74.5 Å². The number of nitrogens with zero attached hydrogens (tertiary/aromatic N) is 4. The molecule has 55 heavy (non-hydrogen) atoms. The third-order valence-electron chi connectivity index (χ3n) is 9.85. The Labute approximate surface area is 321 Å². The van der Waals surface area contributed by atoms with E-state index >= 15 is 0 Å². The minimum absolute atomic E-state index is 0.0786. The second-order valence-corrected chi connectivity index (χ2v) is 14.4. The molecule has 2 aromatic carbocycles. The van der Waals surface area contributed by atoms with Gasteiger partial charge < -0.3 is 31.1 Å². The molecule has 0 spiro atoms. The lowest BCUT2D eigenvalue weighted by molar-refractivity contribution is -0.143. The molecule has 1 saturated heterocycles. The first-order valence-corrected chi connectivity index (χ1v) is 18.4. The van der Waals surface area contributed by atoms with Crippen LogP contribution in [0.3, 0.4) is 0 Å². The van der Waals surface area contributed by atoms with Crippen LogP contribution in [0, 0.1) is 19.8 Å². The van der Waals surface area contributed by atoms with E-state index in [4.69, 9.17) is 0 Å². The molecule has 3 aromatic rings. The van der Waals surface area contributed by atoms with Gasteiger partial charge in [-0.15, -0.1) is 0 Å². The Balaban J connectivity index is 1.79. The number of aryl methyl sites for hydroxylation is 1. The molecule has 0 aliphatic carbocycles. The van der Waals surface area contributed by atoms with Crippen LogP contribution in [0.5, 0.6) is 0 Å². The van der Waals surface area contributed by atoms with Crippen molar-refractivity contribution in [2.75, 3.05) is 20.1 Å². The zero-order valence-corrected chi connectivity index (χ0v) is 32.7. The molecule has 0 radical (unpaired) electrons. The number of hydrogen-bond acceptors (Lipinski definition) is 8. The summed E-state index contributed by atoms with van der Waals surface area (Å²) in [6.07, 6.45) is 0.0786. The Kier molecular flexibility index (Phi) is 14.1. The van der Waals surface area contributed by atoms with Crippen LogP contribution in [0.15, 0.2) is 60.7 Å². The van der Waals surface area contributed by atoms with E-state index in [1.54, 1.807) is 82.3 Å². The van der Waals surface area contributed by atoms with E-state index < -0.39 is 72.2 Å². The Morgan fingerprint density at radius 3 is 2.04 bits per heavy atom. The molecular formula is C40H52N8O7. The number of carbonyl (C=O) groups excluding carboxylic acids is 7. The van der Waals surface area contributed by atoms with Crippen molar-refractivity contribution in [2.45, 2.75) is 91.6 Å². The van der Waals surface area contributed by atoms with Gasteiger partial charge in [0.05, 0.1) is 23.8 Å². The minimum Gasteiger partial charge on any atom is -0.346 e. The first-order valence-electron chi connectivity index (χ1n) is 18.4. The fourth-order valence-electron chi connectivity index (χ4n) is 6.53.